The molecule has 5 nitrogen and oxygen atoms in total. The minimum absolute atomic E-state index is 0.161. The maximum Gasteiger partial charge on any atom is 0.223 e. The fourth-order valence-electron chi connectivity index (χ4n) is 3.21. The molecule has 0 unspecified atom stereocenters. The minimum Gasteiger partial charge on any atom is -0.355 e. The average Bonchev–Trinajstić information content (AvgIpc) is 2.97. The maximum atomic E-state index is 12.3. The smallest absolute Gasteiger partial charge is 0.223 e. The number of anilines is 1. The Balaban J connectivity index is 1.32. The van der Waals surface area contributed by atoms with Crippen molar-refractivity contribution in [1.29, 1.82) is 0 Å². The first-order valence-electron chi connectivity index (χ1n) is 8.38. The molecule has 1 aromatic carbocycles. The Morgan fingerprint density at radius 2 is 2.09 bits per heavy atom. The number of thiazole rings is 1. The molecule has 2 saturated heterocycles. The van der Waals surface area contributed by atoms with Gasteiger partial charge < -0.3 is 15.5 Å². The number of para-hydroxylation sites is 1. The highest BCUT2D eigenvalue weighted by Gasteiger charge is 2.27. The van der Waals surface area contributed by atoms with E-state index in [1.165, 1.54) is 4.70 Å². The van der Waals surface area contributed by atoms with Gasteiger partial charge in [0, 0.05) is 44.6 Å². The third kappa shape index (κ3) is 3.19. The molecule has 6 heteroatoms. The number of piperidine rings is 1. The number of nitrogens with one attached hydrogen (secondary N) is 2. The number of carbonyl (C=O) groups excluding carboxylic acids is 1. The Kier molecular flexibility index (Phi) is 4.18. The number of rotatable bonds is 4. The fraction of sp³-hybridized carbons (Fsp3) is 0.529. The van der Waals surface area contributed by atoms with Gasteiger partial charge in [-0.15, -0.1) is 0 Å². The van der Waals surface area contributed by atoms with E-state index in [4.69, 9.17) is 4.98 Å². The van der Waals surface area contributed by atoms with Crippen LogP contribution in [0.5, 0.6) is 0 Å². The van der Waals surface area contributed by atoms with Gasteiger partial charge in [0.1, 0.15) is 0 Å². The zero-order chi connectivity index (χ0) is 15.6. The summed E-state index contributed by atoms with van der Waals surface area (Å²) in [7, 11) is 0. The van der Waals surface area contributed by atoms with Gasteiger partial charge >= 0.3 is 0 Å². The van der Waals surface area contributed by atoms with E-state index < -0.39 is 0 Å². The van der Waals surface area contributed by atoms with Crippen molar-refractivity contribution < 1.29 is 4.79 Å². The van der Waals surface area contributed by atoms with Crippen LogP contribution in [-0.2, 0) is 4.79 Å². The number of carbonyl (C=O) groups is 1. The van der Waals surface area contributed by atoms with Gasteiger partial charge in [0.15, 0.2) is 5.13 Å². The first kappa shape index (κ1) is 14.9. The van der Waals surface area contributed by atoms with Crippen molar-refractivity contribution in [1.82, 2.24) is 15.6 Å². The summed E-state index contributed by atoms with van der Waals surface area (Å²) in [4.78, 5) is 19.3. The number of amides is 1. The second-order valence-electron chi connectivity index (χ2n) is 6.49. The van der Waals surface area contributed by atoms with E-state index in [9.17, 15) is 4.79 Å². The predicted molar refractivity (Wildman–Crippen MR) is 93.9 cm³/mol. The van der Waals surface area contributed by atoms with E-state index in [1.807, 2.05) is 6.07 Å². The molecule has 2 aliphatic heterocycles. The summed E-state index contributed by atoms with van der Waals surface area (Å²) in [5.41, 5.74) is 1.07. The molecule has 0 bridgehead atoms. The van der Waals surface area contributed by atoms with Crippen LogP contribution in [0.3, 0.4) is 0 Å². The van der Waals surface area contributed by atoms with Gasteiger partial charge in [-0.2, -0.15) is 0 Å². The largest absolute Gasteiger partial charge is 0.355 e. The summed E-state index contributed by atoms with van der Waals surface area (Å²) in [6.07, 6.45) is 1.84. The lowest BCUT2D eigenvalue weighted by Crippen LogP contribution is -2.49. The topological polar surface area (TPSA) is 57.3 Å². The van der Waals surface area contributed by atoms with Crippen molar-refractivity contribution in [3.05, 3.63) is 24.3 Å². The second-order valence-corrected chi connectivity index (χ2v) is 7.50. The van der Waals surface area contributed by atoms with Gasteiger partial charge in [-0.05, 0) is 25.0 Å². The average molecular weight is 330 g/mol. The van der Waals surface area contributed by atoms with Gasteiger partial charge in [-0.25, -0.2) is 4.98 Å². The van der Waals surface area contributed by atoms with Crippen LogP contribution in [0.25, 0.3) is 10.2 Å². The van der Waals surface area contributed by atoms with E-state index in [2.05, 4.69) is 33.7 Å². The van der Waals surface area contributed by atoms with Gasteiger partial charge in [0.05, 0.1) is 10.2 Å². The summed E-state index contributed by atoms with van der Waals surface area (Å²) in [5.74, 6) is 1.02. The fourth-order valence-corrected chi connectivity index (χ4v) is 4.23. The van der Waals surface area contributed by atoms with Crippen molar-refractivity contribution in [2.45, 2.75) is 12.8 Å². The molecule has 2 N–H and O–H groups in total. The molecule has 3 heterocycles. The highest BCUT2D eigenvalue weighted by molar-refractivity contribution is 7.22. The molecule has 2 aromatic rings. The van der Waals surface area contributed by atoms with Crippen LogP contribution in [0.1, 0.15) is 12.8 Å². The van der Waals surface area contributed by atoms with Gasteiger partial charge in [0.25, 0.3) is 0 Å². The van der Waals surface area contributed by atoms with E-state index in [0.717, 1.165) is 56.2 Å². The van der Waals surface area contributed by atoms with Crippen LogP contribution < -0.4 is 15.5 Å². The molecule has 0 atom stereocenters. The number of fused-ring (bicyclic) bond motifs is 1. The number of nitrogens with zero attached hydrogens (tertiary/aromatic N) is 2. The van der Waals surface area contributed by atoms with Crippen LogP contribution in [-0.4, -0.2) is 43.6 Å². The zero-order valence-electron chi connectivity index (χ0n) is 13.1. The predicted octanol–water partition coefficient (Wildman–Crippen LogP) is 1.85. The lowest BCUT2D eigenvalue weighted by molar-refractivity contribution is -0.125. The molecular formula is C17H22N4OS. The van der Waals surface area contributed by atoms with Crippen LogP contribution in [0.15, 0.2) is 24.3 Å². The Hall–Kier alpha value is -1.66. The van der Waals surface area contributed by atoms with Crippen molar-refractivity contribution in [3.63, 3.8) is 0 Å². The summed E-state index contributed by atoms with van der Waals surface area (Å²) in [5, 5.41) is 7.44. The summed E-state index contributed by atoms with van der Waals surface area (Å²) in [6.45, 7) is 4.74. The lowest BCUT2D eigenvalue weighted by atomic mass is 9.95. The standard InChI is InChI=1S/C17H22N4OS/c22-16(19-11-12-9-18-10-12)13-5-7-21(8-6-13)17-20-14-3-1-2-4-15(14)23-17/h1-4,12-13,18H,5-11H2,(H,19,22). The highest BCUT2D eigenvalue weighted by atomic mass is 32.1. The normalized spacial score (nSPS) is 19.7. The monoisotopic (exact) mass is 330 g/mol. The van der Waals surface area contributed by atoms with E-state index >= 15 is 0 Å². The van der Waals surface area contributed by atoms with Crippen molar-refractivity contribution >= 4 is 32.6 Å². The summed E-state index contributed by atoms with van der Waals surface area (Å²) in [6, 6.07) is 8.26. The first-order valence-corrected chi connectivity index (χ1v) is 9.20. The molecule has 23 heavy (non-hydrogen) atoms. The lowest BCUT2D eigenvalue weighted by Gasteiger charge is -2.32. The molecular weight excluding hydrogens is 308 g/mol. The van der Waals surface area contributed by atoms with Crippen LogP contribution in [0, 0.1) is 11.8 Å². The summed E-state index contributed by atoms with van der Waals surface area (Å²) < 4.78 is 1.23. The number of hydrogen-bond acceptors (Lipinski definition) is 5. The molecule has 0 spiro atoms. The third-order valence-corrected chi connectivity index (χ3v) is 5.95. The first-order chi connectivity index (χ1) is 11.3. The van der Waals surface area contributed by atoms with E-state index in [0.29, 0.717) is 5.92 Å². The van der Waals surface area contributed by atoms with Crippen molar-refractivity contribution in [3.8, 4) is 0 Å². The Labute approximate surface area is 140 Å². The molecule has 4 rings (SSSR count). The third-order valence-electron chi connectivity index (χ3n) is 4.85. The Morgan fingerprint density at radius 1 is 1.30 bits per heavy atom. The van der Waals surface area contributed by atoms with Gasteiger partial charge in [-0.1, -0.05) is 23.5 Å². The van der Waals surface area contributed by atoms with Crippen molar-refractivity contribution in [2.75, 3.05) is 37.6 Å². The van der Waals surface area contributed by atoms with E-state index in [-0.39, 0.29) is 11.8 Å². The molecule has 1 aromatic heterocycles. The van der Waals surface area contributed by atoms with E-state index in [1.54, 1.807) is 11.3 Å². The second kappa shape index (κ2) is 6.45. The van der Waals surface area contributed by atoms with Crippen LogP contribution in [0.4, 0.5) is 5.13 Å². The molecule has 2 fully saturated rings. The quantitative estimate of drug-likeness (QED) is 0.898. The van der Waals surface area contributed by atoms with Crippen LogP contribution in [0.2, 0.25) is 0 Å². The van der Waals surface area contributed by atoms with Gasteiger partial charge in [0.2, 0.25) is 5.91 Å². The van der Waals surface area contributed by atoms with Gasteiger partial charge in [-0.3, -0.25) is 4.79 Å². The number of aromatic nitrogens is 1. The number of benzene rings is 1. The Morgan fingerprint density at radius 3 is 2.78 bits per heavy atom. The maximum absolute atomic E-state index is 12.3. The summed E-state index contributed by atoms with van der Waals surface area (Å²) >= 11 is 1.75. The SMILES string of the molecule is O=C(NCC1CNC1)C1CCN(c2nc3ccccc3s2)CC1. The highest BCUT2D eigenvalue weighted by Crippen LogP contribution is 2.31. The Bertz CT molecular complexity index is 656. The molecule has 0 saturated carbocycles. The molecule has 0 radical (unpaired) electrons. The number of hydrogen-bond donors (Lipinski definition) is 2. The molecule has 1 amide bonds. The zero-order valence-corrected chi connectivity index (χ0v) is 13.9. The van der Waals surface area contributed by atoms with Crippen molar-refractivity contribution in [2.24, 2.45) is 11.8 Å². The molecule has 2 aliphatic rings. The molecule has 122 valence electrons. The van der Waals surface area contributed by atoms with Crippen LogP contribution >= 0.6 is 11.3 Å². The molecule has 0 aliphatic carbocycles. The minimum atomic E-state index is 0.161.